The van der Waals surface area contributed by atoms with Gasteiger partial charge >= 0.3 is 18.3 Å². The first-order valence-electron chi connectivity index (χ1n) is 5.69. The second-order valence-corrected chi connectivity index (χ2v) is 3.88. The van der Waals surface area contributed by atoms with E-state index in [1.807, 2.05) is 0 Å². The molecule has 0 bridgehead atoms. The van der Waals surface area contributed by atoms with Crippen LogP contribution in [0.4, 0.5) is 26.3 Å². The first-order chi connectivity index (χ1) is 9.55. The van der Waals surface area contributed by atoms with Crippen molar-refractivity contribution in [1.29, 1.82) is 0 Å². The van der Waals surface area contributed by atoms with E-state index in [-0.39, 0.29) is 12.7 Å². The number of alkyl halides is 6. The lowest BCUT2D eigenvalue weighted by molar-refractivity contribution is -0.143. The maximum absolute atomic E-state index is 12.8. The summed E-state index contributed by atoms with van der Waals surface area (Å²) in [5, 5.41) is 0. The fourth-order valence-electron chi connectivity index (χ4n) is 1.47. The van der Waals surface area contributed by atoms with Crippen LogP contribution < -0.4 is 0 Å². The lowest BCUT2D eigenvalue weighted by Gasteiger charge is -2.14. The van der Waals surface area contributed by atoms with Gasteiger partial charge in [0.05, 0.1) is 17.7 Å². The minimum Gasteiger partial charge on any atom is -0.463 e. The van der Waals surface area contributed by atoms with Crippen LogP contribution in [0, 0.1) is 0 Å². The number of ether oxygens (including phenoxy) is 1. The lowest BCUT2D eigenvalue weighted by atomic mass is 10.0. The molecule has 0 radical (unpaired) electrons. The van der Waals surface area contributed by atoms with Gasteiger partial charge in [0, 0.05) is 6.08 Å². The van der Waals surface area contributed by atoms with E-state index in [1.54, 1.807) is 0 Å². The molecule has 0 spiro atoms. The highest BCUT2D eigenvalue weighted by Crippen LogP contribution is 2.37. The Balaban J connectivity index is 3.24. The van der Waals surface area contributed by atoms with Crippen molar-refractivity contribution in [3.8, 4) is 0 Å². The molecule has 0 aromatic heterocycles. The van der Waals surface area contributed by atoms with Crippen molar-refractivity contribution >= 4 is 12.0 Å². The average molecular weight is 312 g/mol. The van der Waals surface area contributed by atoms with E-state index < -0.39 is 35.0 Å². The molecular formula is C13H10F6O2. The fraction of sp³-hybridized carbons (Fsp3) is 0.308. The molecule has 0 atom stereocenters. The summed E-state index contributed by atoms with van der Waals surface area (Å²) in [6, 6.07) is 1.17. The van der Waals surface area contributed by atoms with Crippen LogP contribution in [0.25, 0.3) is 6.08 Å². The Hall–Kier alpha value is -1.99. The summed E-state index contributed by atoms with van der Waals surface area (Å²) in [5.74, 6) is -0.884. The van der Waals surface area contributed by atoms with Crippen LogP contribution in [0.2, 0.25) is 0 Å². The zero-order valence-electron chi connectivity index (χ0n) is 10.7. The Kier molecular flexibility index (Phi) is 5.03. The molecule has 0 saturated carbocycles. The maximum Gasteiger partial charge on any atom is 0.417 e. The summed E-state index contributed by atoms with van der Waals surface area (Å²) >= 11 is 0. The summed E-state index contributed by atoms with van der Waals surface area (Å²) in [5.41, 5.74) is -3.44. The molecule has 21 heavy (non-hydrogen) atoms. The molecule has 2 nitrogen and oxygen atoms in total. The van der Waals surface area contributed by atoms with Crippen molar-refractivity contribution in [1.82, 2.24) is 0 Å². The Morgan fingerprint density at radius 2 is 1.76 bits per heavy atom. The molecule has 0 fully saturated rings. The van der Waals surface area contributed by atoms with Crippen molar-refractivity contribution in [2.45, 2.75) is 19.3 Å². The summed E-state index contributed by atoms with van der Waals surface area (Å²) < 4.78 is 80.1. The van der Waals surface area contributed by atoms with Gasteiger partial charge < -0.3 is 4.74 Å². The first-order valence-corrected chi connectivity index (χ1v) is 5.69. The molecule has 0 unspecified atom stereocenters. The Morgan fingerprint density at radius 1 is 1.14 bits per heavy atom. The Labute approximate surface area is 116 Å². The van der Waals surface area contributed by atoms with Gasteiger partial charge in [-0.1, -0.05) is 6.07 Å². The average Bonchev–Trinajstić information content (AvgIpc) is 2.34. The third-order valence-corrected chi connectivity index (χ3v) is 2.37. The minimum absolute atomic E-state index is 0.00479. The standard InChI is InChI=1S/C13H10F6O2/c1-2-21-11(20)6-4-8-3-5-9(12(14,15)16)7-10(8)13(17,18)19/h3-7H,2H2,1H3. The van der Waals surface area contributed by atoms with E-state index >= 15 is 0 Å². The van der Waals surface area contributed by atoms with Gasteiger partial charge in [-0.05, 0) is 30.7 Å². The van der Waals surface area contributed by atoms with Crippen LogP contribution in [0.3, 0.4) is 0 Å². The number of hydrogen-bond acceptors (Lipinski definition) is 2. The molecule has 116 valence electrons. The van der Waals surface area contributed by atoms with Gasteiger partial charge in [0.2, 0.25) is 0 Å². The first kappa shape index (κ1) is 17.1. The molecule has 1 rings (SSSR count). The lowest BCUT2D eigenvalue weighted by Crippen LogP contribution is -2.12. The van der Waals surface area contributed by atoms with Crippen molar-refractivity contribution in [2.24, 2.45) is 0 Å². The number of benzene rings is 1. The van der Waals surface area contributed by atoms with Gasteiger partial charge in [-0.15, -0.1) is 0 Å². The van der Waals surface area contributed by atoms with Gasteiger partial charge in [0.15, 0.2) is 0 Å². The third-order valence-electron chi connectivity index (χ3n) is 2.37. The fourth-order valence-corrected chi connectivity index (χ4v) is 1.47. The Morgan fingerprint density at radius 3 is 2.24 bits per heavy atom. The second-order valence-electron chi connectivity index (χ2n) is 3.88. The molecular weight excluding hydrogens is 302 g/mol. The van der Waals surface area contributed by atoms with E-state index in [1.165, 1.54) is 6.92 Å². The van der Waals surface area contributed by atoms with Crippen molar-refractivity contribution < 1.29 is 35.9 Å². The van der Waals surface area contributed by atoms with E-state index in [0.717, 1.165) is 12.2 Å². The molecule has 0 aliphatic carbocycles. The largest absolute Gasteiger partial charge is 0.463 e. The topological polar surface area (TPSA) is 26.3 Å². The Bertz CT molecular complexity index is 543. The predicted octanol–water partition coefficient (Wildman–Crippen LogP) is 4.30. The number of esters is 1. The number of carbonyl (C=O) groups is 1. The second kappa shape index (κ2) is 6.19. The highest BCUT2D eigenvalue weighted by molar-refractivity contribution is 5.87. The summed E-state index contributed by atoms with van der Waals surface area (Å²) in [6.07, 6.45) is -8.37. The van der Waals surface area contributed by atoms with Gasteiger partial charge in [-0.25, -0.2) is 4.79 Å². The van der Waals surface area contributed by atoms with Crippen LogP contribution in [0.5, 0.6) is 0 Å². The summed E-state index contributed by atoms with van der Waals surface area (Å²) in [6.45, 7) is 1.54. The number of rotatable bonds is 3. The van der Waals surface area contributed by atoms with Crippen LogP contribution in [-0.4, -0.2) is 12.6 Å². The highest BCUT2D eigenvalue weighted by atomic mass is 19.4. The molecule has 0 N–H and O–H groups in total. The zero-order valence-corrected chi connectivity index (χ0v) is 10.7. The number of carbonyl (C=O) groups excluding carboxylic acids is 1. The predicted molar refractivity (Wildman–Crippen MR) is 62.1 cm³/mol. The monoisotopic (exact) mass is 312 g/mol. The van der Waals surface area contributed by atoms with Crippen LogP contribution in [0.1, 0.15) is 23.6 Å². The third kappa shape index (κ3) is 4.80. The molecule has 0 amide bonds. The molecule has 0 heterocycles. The zero-order chi connectivity index (χ0) is 16.3. The van der Waals surface area contributed by atoms with E-state index in [9.17, 15) is 31.1 Å². The van der Waals surface area contributed by atoms with Crippen molar-refractivity contribution in [3.63, 3.8) is 0 Å². The van der Waals surface area contributed by atoms with E-state index in [0.29, 0.717) is 12.1 Å². The summed E-state index contributed by atoms with van der Waals surface area (Å²) in [4.78, 5) is 11.0. The molecule has 1 aromatic rings. The normalized spacial score (nSPS) is 12.7. The van der Waals surface area contributed by atoms with Gasteiger partial charge in [-0.2, -0.15) is 26.3 Å². The smallest absolute Gasteiger partial charge is 0.417 e. The van der Waals surface area contributed by atoms with E-state index in [2.05, 4.69) is 4.74 Å². The van der Waals surface area contributed by atoms with Gasteiger partial charge in [-0.3, -0.25) is 0 Å². The molecule has 8 heteroatoms. The van der Waals surface area contributed by atoms with Crippen molar-refractivity contribution in [3.05, 3.63) is 41.0 Å². The molecule has 0 saturated heterocycles. The van der Waals surface area contributed by atoms with Crippen LogP contribution in [0.15, 0.2) is 24.3 Å². The number of hydrogen-bond donors (Lipinski definition) is 0. The van der Waals surface area contributed by atoms with Gasteiger partial charge in [0.25, 0.3) is 0 Å². The minimum atomic E-state index is -4.98. The molecule has 0 aliphatic heterocycles. The SMILES string of the molecule is CCOC(=O)C=Cc1ccc(C(F)(F)F)cc1C(F)(F)F. The van der Waals surface area contributed by atoms with Gasteiger partial charge in [0.1, 0.15) is 0 Å². The maximum atomic E-state index is 12.8. The quantitative estimate of drug-likeness (QED) is 0.472. The number of halogens is 6. The van der Waals surface area contributed by atoms with Crippen molar-refractivity contribution in [2.75, 3.05) is 6.61 Å². The van der Waals surface area contributed by atoms with Crippen LogP contribution in [-0.2, 0) is 21.9 Å². The van der Waals surface area contributed by atoms with Crippen LogP contribution >= 0.6 is 0 Å². The molecule has 1 aromatic carbocycles. The molecule has 0 aliphatic rings. The highest BCUT2D eigenvalue weighted by Gasteiger charge is 2.37. The summed E-state index contributed by atoms with van der Waals surface area (Å²) in [7, 11) is 0. The van der Waals surface area contributed by atoms with E-state index in [4.69, 9.17) is 0 Å².